The van der Waals surface area contributed by atoms with E-state index < -0.39 is 0 Å². The van der Waals surface area contributed by atoms with Gasteiger partial charge in [0.25, 0.3) is 5.91 Å². The largest absolute Gasteiger partial charge is 0.369 e. The van der Waals surface area contributed by atoms with E-state index in [1.807, 2.05) is 19.1 Å². The molecule has 0 bridgehead atoms. The molecule has 1 saturated heterocycles. The number of anilines is 1. The highest BCUT2D eigenvalue weighted by Gasteiger charge is 2.17. The maximum absolute atomic E-state index is 12.7. The molecule has 1 aliphatic heterocycles. The highest BCUT2D eigenvalue weighted by molar-refractivity contribution is 5.98. The van der Waals surface area contributed by atoms with Crippen LogP contribution in [0.4, 0.5) is 5.69 Å². The van der Waals surface area contributed by atoms with Crippen LogP contribution in [0, 0.1) is 13.8 Å². The number of hydrogen-bond donors (Lipinski definition) is 1. The Labute approximate surface area is 178 Å². The Morgan fingerprint density at radius 2 is 1.77 bits per heavy atom. The van der Waals surface area contributed by atoms with Crippen molar-refractivity contribution in [2.75, 3.05) is 44.2 Å². The number of benzene rings is 2. The van der Waals surface area contributed by atoms with Crippen LogP contribution in [0.3, 0.4) is 0 Å². The number of nitrogens with one attached hydrogen (secondary N) is 1. The topological polar surface area (TPSA) is 48.5 Å². The number of aryl methyl sites for hydroxylation is 2. The van der Waals surface area contributed by atoms with E-state index in [1.165, 1.54) is 11.3 Å². The summed E-state index contributed by atoms with van der Waals surface area (Å²) in [6, 6.07) is 18.7. The number of rotatable bonds is 6. The van der Waals surface area contributed by atoms with Gasteiger partial charge in [-0.1, -0.05) is 30.3 Å². The molecule has 1 aromatic heterocycles. The molecule has 0 radical (unpaired) electrons. The van der Waals surface area contributed by atoms with E-state index in [0.717, 1.165) is 55.7 Å². The van der Waals surface area contributed by atoms with E-state index in [4.69, 9.17) is 0 Å². The second-order valence-corrected chi connectivity index (χ2v) is 8.09. The number of carbonyl (C=O) groups excluding carboxylic acids is 1. The molecular weight excluding hydrogens is 372 g/mol. The minimum atomic E-state index is -0.0311. The summed E-state index contributed by atoms with van der Waals surface area (Å²) in [4.78, 5) is 22.2. The van der Waals surface area contributed by atoms with Crippen molar-refractivity contribution in [2.45, 2.75) is 20.3 Å². The van der Waals surface area contributed by atoms with Gasteiger partial charge in [0.15, 0.2) is 0 Å². The van der Waals surface area contributed by atoms with E-state index >= 15 is 0 Å². The van der Waals surface area contributed by atoms with Crippen LogP contribution < -0.4 is 10.2 Å². The molecule has 4 rings (SSSR count). The lowest BCUT2D eigenvalue weighted by molar-refractivity contribution is 0.0950. The van der Waals surface area contributed by atoms with Gasteiger partial charge in [-0.15, -0.1) is 0 Å². The molecule has 1 aliphatic rings. The fourth-order valence-electron chi connectivity index (χ4n) is 4.07. The number of carbonyl (C=O) groups is 1. The average Bonchev–Trinajstić information content (AvgIpc) is 2.77. The molecule has 2 aromatic carbocycles. The van der Waals surface area contributed by atoms with Crippen molar-refractivity contribution in [1.29, 1.82) is 0 Å². The van der Waals surface area contributed by atoms with Gasteiger partial charge in [0.05, 0.1) is 16.8 Å². The van der Waals surface area contributed by atoms with Gasteiger partial charge in [-0.05, 0) is 56.6 Å². The van der Waals surface area contributed by atoms with Crippen molar-refractivity contribution < 1.29 is 4.79 Å². The molecule has 156 valence electrons. The molecule has 1 amide bonds. The summed E-state index contributed by atoms with van der Waals surface area (Å²) in [6.45, 7) is 9.89. The predicted octanol–water partition coefficient (Wildman–Crippen LogP) is 3.79. The van der Waals surface area contributed by atoms with Crippen LogP contribution in [0.5, 0.6) is 0 Å². The third-order valence-corrected chi connectivity index (χ3v) is 5.84. The summed E-state index contributed by atoms with van der Waals surface area (Å²) >= 11 is 0. The summed E-state index contributed by atoms with van der Waals surface area (Å²) in [5.74, 6) is -0.0311. The Hall–Kier alpha value is -2.92. The van der Waals surface area contributed by atoms with Crippen molar-refractivity contribution in [1.82, 2.24) is 15.2 Å². The Bertz CT molecular complexity index is 1010. The molecule has 0 aliphatic carbocycles. The quantitative estimate of drug-likeness (QED) is 0.637. The Morgan fingerprint density at radius 3 is 2.53 bits per heavy atom. The zero-order valence-corrected chi connectivity index (χ0v) is 17.9. The van der Waals surface area contributed by atoms with E-state index in [0.29, 0.717) is 12.1 Å². The molecule has 5 nitrogen and oxygen atoms in total. The van der Waals surface area contributed by atoms with E-state index in [-0.39, 0.29) is 5.91 Å². The second-order valence-electron chi connectivity index (χ2n) is 8.09. The van der Waals surface area contributed by atoms with Crippen molar-refractivity contribution in [3.8, 4) is 0 Å². The minimum Gasteiger partial charge on any atom is -0.369 e. The van der Waals surface area contributed by atoms with Crippen LogP contribution in [0.15, 0.2) is 54.6 Å². The van der Waals surface area contributed by atoms with E-state index in [9.17, 15) is 4.79 Å². The number of hydrogen-bond acceptors (Lipinski definition) is 4. The summed E-state index contributed by atoms with van der Waals surface area (Å²) in [5.41, 5.74) is 4.87. The molecule has 0 atom stereocenters. The Kier molecular flexibility index (Phi) is 6.29. The predicted molar refractivity (Wildman–Crippen MR) is 123 cm³/mol. The van der Waals surface area contributed by atoms with Gasteiger partial charge < -0.3 is 10.2 Å². The summed E-state index contributed by atoms with van der Waals surface area (Å²) in [7, 11) is 0. The lowest BCUT2D eigenvalue weighted by Crippen LogP contribution is -2.47. The SMILES string of the molecule is Cc1ccc2cc(C(=O)NCCCN3CCN(c4ccccc4)CC3)c(C)nc2c1. The number of pyridine rings is 1. The number of nitrogens with zero attached hydrogens (tertiary/aromatic N) is 3. The van der Waals surface area contributed by atoms with E-state index in [2.05, 4.69) is 69.5 Å². The molecule has 0 spiro atoms. The Balaban J connectivity index is 1.23. The molecule has 3 aromatic rings. The summed E-state index contributed by atoms with van der Waals surface area (Å²) in [6.07, 6.45) is 0.955. The monoisotopic (exact) mass is 402 g/mol. The van der Waals surface area contributed by atoms with E-state index in [1.54, 1.807) is 0 Å². The summed E-state index contributed by atoms with van der Waals surface area (Å²) < 4.78 is 0. The number of fused-ring (bicyclic) bond motifs is 1. The average molecular weight is 403 g/mol. The molecule has 1 N–H and O–H groups in total. The maximum Gasteiger partial charge on any atom is 0.253 e. The molecule has 2 heterocycles. The fraction of sp³-hybridized carbons (Fsp3) is 0.360. The van der Waals surface area contributed by atoms with Gasteiger partial charge in [0, 0.05) is 43.8 Å². The Morgan fingerprint density at radius 1 is 1.00 bits per heavy atom. The lowest BCUT2D eigenvalue weighted by atomic mass is 10.1. The van der Waals surface area contributed by atoms with Crippen molar-refractivity contribution in [2.24, 2.45) is 0 Å². The highest BCUT2D eigenvalue weighted by atomic mass is 16.1. The third-order valence-electron chi connectivity index (χ3n) is 5.84. The van der Waals surface area contributed by atoms with Crippen LogP contribution in [-0.2, 0) is 0 Å². The van der Waals surface area contributed by atoms with Gasteiger partial charge in [0.1, 0.15) is 0 Å². The van der Waals surface area contributed by atoms with Gasteiger partial charge >= 0.3 is 0 Å². The minimum absolute atomic E-state index is 0.0311. The number of para-hydroxylation sites is 1. The van der Waals surface area contributed by atoms with Gasteiger partial charge in [-0.2, -0.15) is 0 Å². The molecule has 5 heteroatoms. The van der Waals surface area contributed by atoms with Crippen LogP contribution in [-0.4, -0.2) is 55.1 Å². The number of piperazine rings is 1. The zero-order chi connectivity index (χ0) is 20.9. The standard InChI is InChI=1S/C25H30N4O/c1-19-9-10-21-18-23(20(2)27-24(21)17-19)25(30)26-11-6-12-28-13-15-29(16-14-28)22-7-4-3-5-8-22/h3-5,7-10,17-18H,6,11-16H2,1-2H3,(H,26,30). The van der Waals surface area contributed by atoms with Crippen molar-refractivity contribution in [3.05, 3.63) is 71.4 Å². The smallest absolute Gasteiger partial charge is 0.253 e. The summed E-state index contributed by atoms with van der Waals surface area (Å²) in [5, 5.41) is 4.08. The van der Waals surface area contributed by atoms with Crippen molar-refractivity contribution in [3.63, 3.8) is 0 Å². The second kappa shape index (κ2) is 9.26. The van der Waals surface area contributed by atoms with Crippen LogP contribution >= 0.6 is 0 Å². The van der Waals surface area contributed by atoms with Gasteiger partial charge in [0.2, 0.25) is 0 Å². The first-order chi connectivity index (χ1) is 14.6. The van der Waals surface area contributed by atoms with Gasteiger partial charge in [-0.3, -0.25) is 14.7 Å². The first-order valence-electron chi connectivity index (χ1n) is 10.8. The zero-order valence-electron chi connectivity index (χ0n) is 17.9. The first-order valence-corrected chi connectivity index (χ1v) is 10.8. The molecular formula is C25H30N4O. The molecule has 1 fully saturated rings. The maximum atomic E-state index is 12.7. The number of amides is 1. The molecule has 0 unspecified atom stereocenters. The first kappa shape index (κ1) is 20.4. The van der Waals surface area contributed by atoms with Crippen molar-refractivity contribution >= 4 is 22.5 Å². The van der Waals surface area contributed by atoms with Crippen LogP contribution in [0.2, 0.25) is 0 Å². The molecule has 0 saturated carbocycles. The van der Waals surface area contributed by atoms with Crippen LogP contribution in [0.1, 0.15) is 28.0 Å². The normalized spacial score (nSPS) is 14.8. The third kappa shape index (κ3) is 4.79. The van der Waals surface area contributed by atoms with Crippen LogP contribution in [0.25, 0.3) is 10.9 Å². The number of aromatic nitrogens is 1. The molecule has 30 heavy (non-hydrogen) atoms. The fourth-order valence-corrected chi connectivity index (χ4v) is 4.07. The highest BCUT2D eigenvalue weighted by Crippen LogP contribution is 2.18. The van der Waals surface area contributed by atoms with Gasteiger partial charge in [-0.25, -0.2) is 0 Å². The lowest BCUT2D eigenvalue weighted by Gasteiger charge is -2.36.